The minimum Gasteiger partial charge on any atom is -0.496 e. The van der Waals surface area contributed by atoms with Crippen LogP contribution >= 0.6 is 15.9 Å². The van der Waals surface area contributed by atoms with Gasteiger partial charge in [0, 0.05) is 21.9 Å². The molecule has 0 saturated carbocycles. The van der Waals surface area contributed by atoms with E-state index in [0.29, 0.717) is 21.3 Å². The van der Waals surface area contributed by atoms with Crippen LogP contribution in [0.15, 0.2) is 53.0 Å². The number of rotatable bonds is 2. The summed E-state index contributed by atoms with van der Waals surface area (Å²) >= 11 is 3.11. The van der Waals surface area contributed by atoms with E-state index >= 15 is 0 Å². The molecule has 0 spiro atoms. The largest absolute Gasteiger partial charge is 0.496 e. The fourth-order valence-corrected chi connectivity index (χ4v) is 2.73. The first kappa shape index (κ1) is 14.0. The predicted molar refractivity (Wildman–Crippen MR) is 83.6 cm³/mol. The normalized spacial score (nSPS) is 10.9. The highest BCUT2D eigenvalue weighted by Crippen LogP contribution is 2.36. The van der Waals surface area contributed by atoms with Crippen molar-refractivity contribution in [3.05, 3.63) is 64.6 Å². The van der Waals surface area contributed by atoms with Gasteiger partial charge in [-0.25, -0.2) is 8.78 Å². The fourth-order valence-electron chi connectivity index (χ4n) is 2.38. The Morgan fingerprint density at radius 1 is 0.810 bits per heavy atom. The minimum atomic E-state index is -0.460. The van der Waals surface area contributed by atoms with E-state index in [0.717, 1.165) is 0 Å². The Morgan fingerprint density at radius 2 is 1.48 bits per heavy atom. The molecule has 0 aliphatic rings. The van der Waals surface area contributed by atoms with Gasteiger partial charge in [-0.2, -0.15) is 0 Å². The van der Waals surface area contributed by atoms with Crippen molar-refractivity contribution in [1.29, 1.82) is 0 Å². The number of para-hydroxylation sites is 1. The van der Waals surface area contributed by atoms with Crippen LogP contribution in [-0.4, -0.2) is 7.11 Å². The van der Waals surface area contributed by atoms with Gasteiger partial charge in [0.2, 0.25) is 0 Å². The van der Waals surface area contributed by atoms with Gasteiger partial charge in [-0.05, 0) is 28.1 Å². The van der Waals surface area contributed by atoms with Gasteiger partial charge in [0.05, 0.1) is 11.6 Å². The standard InChI is InChI=1S/C17H11BrF2O/c1-21-15-5-3-2-4-10(15)11-6-7-13-12(16(11)19)8-9-14(18)17(13)20/h2-9H,1H3. The maximum atomic E-state index is 14.7. The van der Waals surface area contributed by atoms with Gasteiger partial charge in [-0.15, -0.1) is 0 Å². The van der Waals surface area contributed by atoms with Crippen molar-refractivity contribution >= 4 is 26.7 Å². The van der Waals surface area contributed by atoms with Crippen molar-refractivity contribution in [2.45, 2.75) is 0 Å². The number of hydrogen-bond acceptors (Lipinski definition) is 1. The summed E-state index contributed by atoms with van der Waals surface area (Å²) in [5.41, 5.74) is 1.03. The first-order valence-electron chi connectivity index (χ1n) is 6.33. The van der Waals surface area contributed by atoms with Crippen molar-refractivity contribution in [1.82, 2.24) is 0 Å². The Labute approximate surface area is 129 Å². The molecule has 3 aromatic carbocycles. The van der Waals surface area contributed by atoms with Crippen LogP contribution in [0, 0.1) is 11.6 Å². The van der Waals surface area contributed by atoms with Crippen LogP contribution in [0.3, 0.4) is 0 Å². The van der Waals surface area contributed by atoms with E-state index in [1.54, 1.807) is 30.3 Å². The molecule has 0 atom stereocenters. The van der Waals surface area contributed by atoms with Crippen LogP contribution in [0.2, 0.25) is 0 Å². The van der Waals surface area contributed by atoms with Crippen LogP contribution in [0.4, 0.5) is 8.78 Å². The molecule has 0 bridgehead atoms. The second-order valence-electron chi connectivity index (χ2n) is 4.58. The smallest absolute Gasteiger partial charge is 0.145 e. The van der Waals surface area contributed by atoms with E-state index in [-0.39, 0.29) is 10.8 Å². The van der Waals surface area contributed by atoms with Gasteiger partial charge < -0.3 is 4.74 Å². The summed E-state index contributed by atoms with van der Waals surface area (Å²) in [6, 6.07) is 13.4. The molecule has 21 heavy (non-hydrogen) atoms. The molecule has 4 heteroatoms. The molecule has 0 radical (unpaired) electrons. The summed E-state index contributed by atoms with van der Waals surface area (Å²) in [7, 11) is 1.54. The molecule has 0 aliphatic heterocycles. The molecule has 3 aromatic rings. The van der Waals surface area contributed by atoms with Crippen LogP contribution < -0.4 is 4.74 Å². The number of fused-ring (bicyclic) bond motifs is 1. The van der Waals surface area contributed by atoms with Gasteiger partial charge in [-0.3, -0.25) is 0 Å². The quantitative estimate of drug-likeness (QED) is 0.589. The van der Waals surface area contributed by atoms with Crippen molar-refractivity contribution < 1.29 is 13.5 Å². The lowest BCUT2D eigenvalue weighted by molar-refractivity contribution is 0.416. The van der Waals surface area contributed by atoms with Gasteiger partial charge in [0.25, 0.3) is 0 Å². The van der Waals surface area contributed by atoms with Crippen molar-refractivity contribution in [3.63, 3.8) is 0 Å². The number of hydrogen-bond donors (Lipinski definition) is 0. The number of halogens is 3. The molecule has 0 aromatic heterocycles. The third kappa shape index (κ3) is 2.29. The van der Waals surface area contributed by atoms with E-state index in [2.05, 4.69) is 15.9 Å². The summed E-state index contributed by atoms with van der Waals surface area (Å²) in [4.78, 5) is 0. The SMILES string of the molecule is COc1ccccc1-c1ccc2c(F)c(Br)ccc2c1F. The van der Waals surface area contributed by atoms with Crippen LogP contribution in [-0.2, 0) is 0 Å². The average molecular weight is 349 g/mol. The molecular formula is C17H11BrF2O. The Morgan fingerprint density at radius 3 is 2.24 bits per heavy atom. The van der Waals surface area contributed by atoms with E-state index in [1.165, 1.54) is 13.2 Å². The van der Waals surface area contributed by atoms with Gasteiger partial charge in [0.1, 0.15) is 17.4 Å². The molecule has 1 nitrogen and oxygen atoms in total. The second-order valence-corrected chi connectivity index (χ2v) is 5.44. The van der Waals surface area contributed by atoms with E-state index in [9.17, 15) is 8.78 Å². The molecule has 0 unspecified atom stereocenters. The van der Waals surface area contributed by atoms with Crippen molar-refractivity contribution in [2.75, 3.05) is 7.11 Å². The summed E-state index contributed by atoms with van der Waals surface area (Å²) in [6.07, 6.45) is 0. The lowest BCUT2D eigenvalue weighted by atomic mass is 9.99. The molecule has 0 heterocycles. The van der Waals surface area contributed by atoms with Gasteiger partial charge in [-0.1, -0.05) is 36.4 Å². The first-order chi connectivity index (χ1) is 10.1. The highest BCUT2D eigenvalue weighted by Gasteiger charge is 2.15. The third-order valence-electron chi connectivity index (χ3n) is 3.42. The molecule has 0 saturated heterocycles. The lowest BCUT2D eigenvalue weighted by Gasteiger charge is -2.11. The average Bonchev–Trinajstić information content (AvgIpc) is 2.51. The highest BCUT2D eigenvalue weighted by molar-refractivity contribution is 9.10. The maximum Gasteiger partial charge on any atom is 0.145 e. The van der Waals surface area contributed by atoms with Crippen molar-refractivity contribution in [2.24, 2.45) is 0 Å². The Hall–Kier alpha value is -1.94. The Kier molecular flexibility index (Phi) is 3.64. The van der Waals surface area contributed by atoms with Gasteiger partial charge in [0.15, 0.2) is 0 Å². The number of ether oxygens (including phenoxy) is 1. The lowest BCUT2D eigenvalue weighted by Crippen LogP contribution is -1.92. The number of methoxy groups -OCH3 is 1. The molecule has 0 N–H and O–H groups in total. The first-order valence-corrected chi connectivity index (χ1v) is 7.12. The number of benzene rings is 3. The maximum absolute atomic E-state index is 14.7. The van der Waals surface area contributed by atoms with E-state index in [4.69, 9.17) is 4.74 Å². The van der Waals surface area contributed by atoms with Crippen LogP contribution in [0.25, 0.3) is 21.9 Å². The molecule has 3 rings (SSSR count). The van der Waals surface area contributed by atoms with E-state index in [1.807, 2.05) is 12.1 Å². The Bertz CT molecular complexity index is 830. The molecule has 0 amide bonds. The molecule has 0 aliphatic carbocycles. The summed E-state index contributed by atoms with van der Waals surface area (Å²) < 4.78 is 34.3. The minimum absolute atomic E-state index is 0.249. The predicted octanol–water partition coefficient (Wildman–Crippen LogP) is 5.56. The monoisotopic (exact) mass is 348 g/mol. The topological polar surface area (TPSA) is 9.23 Å². The van der Waals surface area contributed by atoms with Gasteiger partial charge >= 0.3 is 0 Å². The zero-order chi connectivity index (χ0) is 15.0. The zero-order valence-corrected chi connectivity index (χ0v) is 12.7. The van der Waals surface area contributed by atoms with Crippen LogP contribution in [0.1, 0.15) is 0 Å². The second kappa shape index (κ2) is 5.45. The molecule has 0 fully saturated rings. The zero-order valence-electron chi connectivity index (χ0n) is 11.2. The summed E-state index contributed by atoms with van der Waals surface area (Å²) in [6.45, 7) is 0. The molecule has 106 valence electrons. The highest BCUT2D eigenvalue weighted by atomic mass is 79.9. The van der Waals surface area contributed by atoms with E-state index < -0.39 is 11.6 Å². The van der Waals surface area contributed by atoms with Crippen molar-refractivity contribution in [3.8, 4) is 16.9 Å². The third-order valence-corrected chi connectivity index (χ3v) is 4.03. The molecular weight excluding hydrogens is 338 g/mol. The van der Waals surface area contributed by atoms with Crippen LogP contribution in [0.5, 0.6) is 5.75 Å². The Balaban J connectivity index is 2.31. The summed E-state index contributed by atoms with van der Waals surface area (Å²) in [5.74, 6) is -0.338. The fraction of sp³-hybridized carbons (Fsp3) is 0.0588. The summed E-state index contributed by atoms with van der Waals surface area (Å²) in [5, 5.41) is 0.500.